The van der Waals surface area contributed by atoms with Crippen LogP contribution < -0.4 is 5.32 Å². The summed E-state index contributed by atoms with van der Waals surface area (Å²) in [4.78, 5) is 24.2. The molecule has 0 unspecified atom stereocenters. The van der Waals surface area contributed by atoms with Crippen LogP contribution in [-0.4, -0.2) is 28.0 Å². The molecule has 0 saturated carbocycles. The van der Waals surface area contributed by atoms with Gasteiger partial charge in [0.25, 0.3) is 5.91 Å². The quantitative estimate of drug-likeness (QED) is 0.858. The normalized spacial score (nSPS) is 13.7. The topological polar surface area (TPSA) is 64.0 Å². The van der Waals surface area contributed by atoms with Gasteiger partial charge >= 0.3 is 0 Å². The molecule has 1 aromatic carbocycles. The number of unbranched alkanes of at least 4 members (excludes halogenated alkanes) is 1. The molecule has 0 fully saturated rings. The number of hydrogen-bond donors (Lipinski definition) is 1. The van der Waals surface area contributed by atoms with Crippen LogP contribution in [0, 0.1) is 6.92 Å². The average Bonchev–Trinajstić information content (AvgIpc) is 2.93. The fourth-order valence-corrected chi connectivity index (χ4v) is 3.16. The SMILES string of the molecule is CCCCNC(=O)c1ccc(-n2nc(C)c3c2CCCC3=O)cc1. The Labute approximate surface area is 142 Å². The van der Waals surface area contributed by atoms with E-state index in [1.807, 2.05) is 35.9 Å². The molecule has 2 aromatic rings. The lowest BCUT2D eigenvalue weighted by molar-refractivity contribution is 0.0950. The van der Waals surface area contributed by atoms with E-state index in [4.69, 9.17) is 0 Å². The van der Waals surface area contributed by atoms with Crippen LogP contribution in [0.2, 0.25) is 0 Å². The Hall–Kier alpha value is -2.43. The first-order chi connectivity index (χ1) is 11.6. The van der Waals surface area contributed by atoms with Crippen molar-refractivity contribution in [1.29, 1.82) is 0 Å². The van der Waals surface area contributed by atoms with Crippen molar-refractivity contribution in [3.05, 3.63) is 46.8 Å². The molecular formula is C19H23N3O2. The maximum Gasteiger partial charge on any atom is 0.251 e. The van der Waals surface area contributed by atoms with Gasteiger partial charge in [-0.05, 0) is 50.5 Å². The van der Waals surface area contributed by atoms with Crippen LogP contribution in [0.15, 0.2) is 24.3 Å². The van der Waals surface area contributed by atoms with Gasteiger partial charge in [0.15, 0.2) is 5.78 Å². The molecule has 0 radical (unpaired) electrons. The summed E-state index contributed by atoms with van der Waals surface area (Å²) in [5, 5.41) is 7.46. The number of carbonyl (C=O) groups is 2. The zero-order chi connectivity index (χ0) is 17.1. The molecule has 1 amide bonds. The van der Waals surface area contributed by atoms with E-state index in [0.29, 0.717) is 18.5 Å². The molecule has 0 bridgehead atoms. The number of fused-ring (bicyclic) bond motifs is 1. The molecule has 1 N–H and O–H groups in total. The van der Waals surface area contributed by atoms with Crippen molar-refractivity contribution < 1.29 is 9.59 Å². The van der Waals surface area contributed by atoms with Gasteiger partial charge in [-0.2, -0.15) is 5.10 Å². The maximum absolute atomic E-state index is 12.1. The lowest BCUT2D eigenvalue weighted by atomic mass is 9.94. The number of amides is 1. The Morgan fingerprint density at radius 1 is 1.25 bits per heavy atom. The van der Waals surface area contributed by atoms with E-state index in [0.717, 1.165) is 48.3 Å². The van der Waals surface area contributed by atoms with E-state index in [1.54, 1.807) is 0 Å². The van der Waals surface area contributed by atoms with E-state index in [2.05, 4.69) is 17.3 Å². The molecule has 126 valence electrons. The predicted octanol–water partition coefficient (Wildman–Crippen LogP) is 3.23. The first-order valence-corrected chi connectivity index (χ1v) is 8.62. The molecule has 5 nitrogen and oxygen atoms in total. The fourth-order valence-electron chi connectivity index (χ4n) is 3.16. The third-order valence-electron chi connectivity index (χ3n) is 4.44. The number of nitrogens with zero attached hydrogens (tertiary/aromatic N) is 2. The first kappa shape index (κ1) is 16.4. The number of rotatable bonds is 5. The van der Waals surface area contributed by atoms with Gasteiger partial charge in [0.1, 0.15) is 0 Å². The van der Waals surface area contributed by atoms with E-state index >= 15 is 0 Å². The van der Waals surface area contributed by atoms with Gasteiger partial charge in [-0.25, -0.2) is 4.68 Å². The molecule has 0 aliphatic heterocycles. The monoisotopic (exact) mass is 325 g/mol. The molecule has 1 aliphatic carbocycles. The number of hydrogen-bond acceptors (Lipinski definition) is 3. The van der Waals surface area contributed by atoms with E-state index in [1.165, 1.54) is 0 Å². The Bertz CT molecular complexity index is 760. The first-order valence-electron chi connectivity index (χ1n) is 8.62. The third-order valence-corrected chi connectivity index (χ3v) is 4.44. The van der Waals surface area contributed by atoms with Gasteiger partial charge < -0.3 is 5.32 Å². The summed E-state index contributed by atoms with van der Waals surface area (Å²) in [5.41, 5.74) is 4.09. The third kappa shape index (κ3) is 3.11. The largest absolute Gasteiger partial charge is 0.352 e. The number of benzene rings is 1. The lowest BCUT2D eigenvalue weighted by Gasteiger charge is -2.13. The molecule has 1 aromatic heterocycles. The zero-order valence-electron chi connectivity index (χ0n) is 14.3. The molecule has 24 heavy (non-hydrogen) atoms. The highest BCUT2D eigenvalue weighted by Gasteiger charge is 2.25. The van der Waals surface area contributed by atoms with Gasteiger partial charge in [-0.1, -0.05) is 13.3 Å². The molecular weight excluding hydrogens is 302 g/mol. The van der Waals surface area contributed by atoms with Crippen molar-refractivity contribution in [3.63, 3.8) is 0 Å². The molecule has 0 spiro atoms. The second-order valence-corrected chi connectivity index (χ2v) is 6.25. The van der Waals surface area contributed by atoms with Crippen LogP contribution in [0.1, 0.15) is 64.7 Å². The summed E-state index contributed by atoms with van der Waals surface area (Å²) >= 11 is 0. The van der Waals surface area contributed by atoms with E-state index < -0.39 is 0 Å². The highest BCUT2D eigenvalue weighted by molar-refractivity contribution is 5.99. The fraction of sp³-hybridized carbons (Fsp3) is 0.421. The highest BCUT2D eigenvalue weighted by Crippen LogP contribution is 2.26. The van der Waals surface area contributed by atoms with E-state index in [-0.39, 0.29) is 11.7 Å². The Morgan fingerprint density at radius 3 is 2.71 bits per heavy atom. The Balaban J connectivity index is 1.83. The van der Waals surface area contributed by atoms with Crippen LogP contribution in [0.4, 0.5) is 0 Å². The number of carbonyl (C=O) groups excluding carboxylic acids is 2. The number of aromatic nitrogens is 2. The summed E-state index contributed by atoms with van der Waals surface area (Å²) in [5.74, 6) is 0.135. The minimum Gasteiger partial charge on any atom is -0.352 e. The van der Waals surface area contributed by atoms with Crippen molar-refractivity contribution in [1.82, 2.24) is 15.1 Å². The molecule has 0 saturated heterocycles. The summed E-state index contributed by atoms with van der Waals surface area (Å²) in [6.07, 6.45) is 4.38. The average molecular weight is 325 g/mol. The van der Waals surface area contributed by atoms with Crippen molar-refractivity contribution in [3.8, 4) is 5.69 Å². The summed E-state index contributed by atoms with van der Waals surface area (Å²) < 4.78 is 1.85. The smallest absolute Gasteiger partial charge is 0.251 e. The van der Waals surface area contributed by atoms with Crippen LogP contribution in [0.3, 0.4) is 0 Å². The standard InChI is InChI=1S/C19H23N3O2/c1-3-4-12-20-19(24)14-8-10-15(11-9-14)22-16-6-5-7-17(23)18(16)13(2)21-22/h8-11H,3-7,12H2,1-2H3,(H,20,24). The van der Waals surface area contributed by atoms with Crippen LogP contribution in [0.5, 0.6) is 0 Å². The minimum atomic E-state index is -0.0520. The van der Waals surface area contributed by atoms with Crippen molar-refractivity contribution in [2.45, 2.75) is 46.0 Å². The second kappa shape index (κ2) is 6.99. The molecule has 0 atom stereocenters. The molecule has 3 rings (SSSR count). The summed E-state index contributed by atoms with van der Waals surface area (Å²) in [7, 11) is 0. The summed E-state index contributed by atoms with van der Waals surface area (Å²) in [6, 6.07) is 7.40. The minimum absolute atomic E-state index is 0.0520. The number of nitrogens with one attached hydrogen (secondary N) is 1. The number of ketones is 1. The lowest BCUT2D eigenvalue weighted by Crippen LogP contribution is -2.24. The second-order valence-electron chi connectivity index (χ2n) is 6.25. The van der Waals surface area contributed by atoms with Crippen molar-refractivity contribution in [2.24, 2.45) is 0 Å². The molecule has 5 heteroatoms. The van der Waals surface area contributed by atoms with Gasteiger partial charge in [0, 0.05) is 18.5 Å². The van der Waals surface area contributed by atoms with E-state index in [9.17, 15) is 9.59 Å². The number of aryl methyl sites for hydroxylation is 1. The van der Waals surface area contributed by atoms with Gasteiger partial charge in [-0.15, -0.1) is 0 Å². The van der Waals surface area contributed by atoms with Gasteiger partial charge in [0.2, 0.25) is 0 Å². The molecule has 1 heterocycles. The summed E-state index contributed by atoms with van der Waals surface area (Å²) in [6.45, 7) is 4.68. The zero-order valence-corrected chi connectivity index (χ0v) is 14.3. The predicted molar refractivity (Wildman–Crippen MR) is 92.8 cm³/mol. The highest BCUT2D eigenvalue weighted by atomic mass is 16.1. The molecule has 1 aliphatic rings. The Morgan fingerprint density at radius 2 is 2.00 bits per heavy atom. The van der Waals surface area contributed by atoms with Crippen LogP contribution in [0.25, 0.3) is 5.69 Å². The van der Waals surface area contributed by atoms with Crippen molar-refractivity contribution in [2.75, 3.05) is 6.54 Å². The van der Waals surface area contributed by atoms with Gasteiger partial charge in [0.05, 0.1) is 22.6 Å². The van der Waals surface area contributed by atoms with Crippen LogP contribution >= 0.6 is 0 Å². The maximum atomic E-state index is 12.1. The van der Waals surface area contributed by atoms with Crippen molar-refractivity contribution >= 4 is 11.7 Å². The van der Waals surface area contributed by atoms with Crippen LogP contribution in [-0.2, 0) is 6.42 Å². The Kier molecular flexibility index (Phi) is 4.79. The van der Waals surface area contributed by atoms with Gasteiger partial charge in [-0.3, -0.25) is 9.59 Å². The number of Topliss-reactive ketones (excluding diaryl/α,β-unsaturated/α-hetero) is 1.